The molecule has 0 unspecified atom stereocenters. The number of benzene rings is 2. The highest BCUT2D eigenvalue weighted by Gasteiger charge is 2.24. The van der Waals surface area contributed by atoms with Crippen LogP contribution in [0, 0.1) is 11.7 Å². The van der Waals surface area contributed by atoms with E-state index >= 15 is 0 Å². The van der Waals surface area contributed by atoms with Crippen LogP contribution in [0.1, 0.15) is 28.8 Å². The highest BCUT2D eigenvalue weighted by molar-refractivity contribution is 7.92. The first-order chi connectivity index (χ1) is 14.7. The lowest BCUT2D eigenvalue weighted by Gasteiger charge is -2.31. The molecule has 10 heteroatoms. The lowest BCUT2D eigenvalue weighted by molar-refractivity contribution is -0.123. The van der Waals surface area contributed by atoms with Crippen molar-refractivity contribution < 1.29 is 27.1 Å². The summed E-state index contributed by atoms with van der Waals surface area (Å²) in [6.07, 6.45) is 1.68. The predicted molar refractivity (Wildman–Crippen MR) is 112 cm³/mol. The molecule has 0 aromatic heterocycles. The number of nitrogens with two attached hydrogens (primary N) is 1. The van der Waals surface area contributed by atoms with Crippen molar-refractivity contribution in [1.29, 1.82) is 0 Å². The van der Waals surface area contributed by atoms with E-state index in [-0.39, 0.29) is 23.1 Å². The maximum Gasteiger partial charge on any atom is 0.337 e. The zero-order chi connectivity index (χ0) is 22.6. The molecular weight excluding hydrogens is 425 g/mol. The minimum atomic E-state index is -4.26. The van der Waals surface area contributed by atoms with Gasteiger partial charge in [0.05, 0.1) is 18.6 Å². The molecule has 2 aromatic carbocycles. The van der Waals surface area contributed by atoms with E-state index in [0.717, 1.165) is 50.3 Å². The van der Waals surface area contributed by atoms with Gasteiger partial charge in [0.2, 0.25) is 5.91 Å². The lowest BCUT2D eigenvalue weighted by Crippen LogP contribution is -2.40. The minimum absolute atomic E-state index is 0.0737. The molecule has 0 saturated carbocycles. The molecule has 0 aliphatic carbocycles. The number of anilines is 1. The number of sulfonamides is 1. The van der Waals surface area contributed by atoms with Crippen molar-refractivity contribution in [1.82, 2.24) is 4.90 Å². The number of amides is 1. The fraction of sp³-hybridized carbons (Fsp3) is 0.333. The second kappa shape index (κ2) is 9.44. The summed E-state index contributed by atoms with van der Waals surface area (Å²) in [5.41, 5.74) is 6.52. The Hall–Kier alpha value is -2.98. The maximum absolute atomic E-state index is 14.1. The molecular formula is C21H24FN3O5S. The number of hydrogen-bond acceptors (Lipinski definition) is 6. The van der Waals surface area contributed by atoms with E-state index in [1.807, 2.05) is 0 Å². The fourth-order valence-electron chi connectivity index (χ4n) is 3.53. The van der Waals surface area contributed by atoms with Crippen molar-refractivity contribution in [3.05, 3.63) is 59.4 Å². The Morgan fingerprint density at radius 3 is 2.58 bits per heavy atom. The molecule has 8 nitrogen and oxygen atoms in total. The van der Waals surface area contributed by atoms with Crippen LogP contribution in [0.15, 0.2) is 47.4 Å². The molecule has 1 aliphatic heterocycles. The average molecular weight is 450 g/mol. The van der Waals surface area contributed by atoms with Gasteiger partial charge >= 0.3 is 5.97 Å². The van der Waals surface area contributed by atoms with Crippen molar-refractivity contribution in [2.75, 3.05) is 24.9 Å². The van der Waals surface area contributed by atoms with Crippen molar-refractivity contribution in [3.8, 4) is 0 Å². The highest BCUT2D eigenvalue weighted by Crippen LogP contribution is 2.22. The van der Waals surface area contributed by atoms with Crippen LogP contribution in [-0.4, -0.2) is 45.4 Å². The highest BCUT2D eigenvalue weighted by atomic mass is 32.2. The Kier molecular flexibility index (Phi) is 6.91. The summed E-state index contributed by atoms with van der Waals surface area (Å²) in [5.74, 6) is -2.20. The number of carbonyl (C=O) groups is 2. The number of ether oxygens (including phenoxy) is 1. The number of methoxy groups -OCH3 is 1. The first kappa shape index (κ1) is 22.7. The van der Waals surface area contributed by atoms with Crippen LogP contribution in [-0.2, 0) is 26.1 Å². The third-order valence-electron chi connectivity index (χ3n) is 5.16. The summed E-state index contributed by atoms with van der Waals surface area (Å²) in [5, 5.41) is 0. The van der Waals surface area contributed by atoms with E-state index in [9.17, 15) is 22.4 Å². The van der Waals surface area contributed by atoms with Crippen molar-refractivity contribution >= 4 is 27.6 Å². The number of rotatable bonds is 7. The van der Waals surface area contributed by atoms with Crippen LogP contribution in [0.2, 0.25) is 0 Å². The van der Waals surface area contributed by atoms with E-state index in [1.54, 1.807) is 24.3 Å². The molecule has 1 atom stereocenters. The van der Waals surface area contributed by atoms with Crippen molar-refractivity contribution in [2.45, 2.75) is 24.3 Å². The SMILES string of the molecule is COC(=O)c1ccc(F)c(S(=O)(=O)Nc2ccc(CN3CCC[C@@H](C(N)=O)C3)cc2)c1. The number of halogens is 1. The molecule has 1 heterocycles. The van der Waals surface area contributed by atoms with Gasteiger partial charge in [0, 0.05) is 18.8 Å². The molecule has 1 fully saturated rings. The molecule has 31 heavy (non-hydrogen) atoms. The minimum Gasteiger partial charge on any atom is -0.465 e. The standard InChI is InChI=1S/C21H24FN3O5S/c1-30-21(27)15-6-9-18(22)19(11-15)31(28,29)24-17-7-4-14(5-8-17)12-25-10-2-3-16(13-25)20(23)26/h4-9,11,16,24H,2-3,10,12-13H2,1H3,(H2,23,26)/t16-/m1/s1. The Labute approximate surface area is 180 Å². The van der Waals surface area contributed by atoms with E-state index in [0.29, 0.717) is 13.1 Å². The molecule has 0 spiro atoms. The number of piperidine rings is 1. The zero-order valence-electron chi connectivity index (χ0n) is 17.0. The third-order valence-corrected chi connectivity index (χ3v) is 6.56. The van der Waals surface area contributed by atoms with Crippen LogP contribution >= 0.6 is 0 Å². The number of esters is 1. The average Bonchev–Trinajstić information content (AvgIpc) is 2.74. The first-order valence-electron chi connectivity index (χ1n) is 9.71. The molecule has 166 valence electrons. The van der Waals surface area contributed by atoms with Gasteiger partial charge in [-0.15, -0.1) is 0 Å². The second-order valence-corrected chi connectivity index (χ2v) is 9.07. The van der Waals surface area contributed by atoms with Gasteiger partial charge in [-0.25, -0.2) is 17.6 Å². The zero-order valence-corrected chi connectivity index (χ0v) is 17.8. The largest absolute Gasteiger partial charge is 0.465 e. The van der Waals surface area contributed by atoms with E-state index in [4.69, 9.17) is 5.73 Å². The van der Waals surface area contributed by atoms with Gasteiger partial charge in [0.1, 0.15) is 10.7 Å². The van der Waals surface area contributed by atoms with Crippen LogP contribution in [0.25, 0.3) is 0 Å². The molecule has 1 aliphatic rings. The quantitative estimate of drug-likeness (QED) is 0.625. The first-order valence-corrected chi connectivity index (χ1v) is 11.2. The molecule has 3 N–H and O–H groups in total. The molecule has 0 bridgehead atoms. The predicted octanol–water partition coefficient (Wildman–Crippen LogP) is 2.11. The van der Waals surface area contributed by atoms with Gasteiger partial charge in [0.15, 0.2) is 0 Å². The van der Waals surface area contributed by atoms with Crippen LogP contribution in [0.3, 0.4) is 0 Å². The van der Waals surface area contributed by atoms with E-state index in [2.05, 4.69) is 14.4 Å². The van der Waals surface area contributed by atoms with Crippen LogP contribution in [0.5, 0.6) is 0 Å². The molecule has 1 saturated heterocycles. The third kappa shape index (κ3) is 5.59. The van der Waals surface area contributed by atoms with Crippen molar-refractivity contribution in [2.24, 2.45) is 11.7 Å². The normalized spacial score (nSPS) is 17.2. The Balaban J connectivity index is 1.71. The molecule has 0 radical (unpaired) electrons. The van der Waals surface area contributed by atoms with Gasteiger partial charge in [-0.3, -0.25) is 14.4 Å². The number of likely N-dealkylation sites (tertiary alicyclic amines) is 1. The fourth-order valence-corrected chi connectivity index (χ4v) is 4.70. The Morgan fingerprint density at radius 2 is 1.94 bits per heavy atom. The maximum atomic E-state index is 14.1. The van der Waals surface area contributed by atoms with Gasteiger partial charge in [-0.05, 0) is 55.3 Å². The number of hydrogen-bond donors (Lipinski definition) is 2. The van der Waals surface area contributed by atoms with Gasteiger partial charge in [0.25, 0.3) is 10.0 Å². The number of primary amides is 1. The van der Waals surface area contributed by atoms with E-state index < -0.39 is 26.7 Å². The van der Waals surface area contributed by atoms with E-state index in [1.165, 1.54) is 0 Å². The molecule has 1 amide bonds. The summed E-state index contributed by atoms with van der Waals surface area (Å²) in [6.45, 7) is 2.06. The molecule has 2 aromatic rings. The lowest BCUT2D eigenvalue weighted by atomic mass is 9.97. The summed E-state index contributed by atoms with van der Waals surface area (Å²) >= 11 is 0. The summed E-state index contributed by atoms with van der Waals surface area (Å²) in [4.78, 5) is 24.5. The van der Waals surface area contributed by atoms with Crippen LogP contribution in [0.4, 0.5) is 10.1 Å². The van der Waals surface area contributed by atoms with Gasteiger partial charge in [-0.2, -0.15) is 0 Å². The summed E-state index contributed by atoms with van der Waals surface area (Å²) in [6, 6.07) is 9.65. The Morgan fingerprint density at radius 1 is 1.23 bits per heavy atom. The van der Waals surface area contributed by atoms with Crippen molar-refractivity contribution in [3.63, 3.8) is 0 Å². The smallest absolute Gasteiger partial charge is 0.337 e. The number of carbonyl (C=O) groups excluding carboxylic acids is 2. The number of nitrogens with one attached hydrogen (secondary N) is 1. The monoisotopic (exact) mass is 449 g/mol. The van der Waals surface area contributed by atoms with Gasteiger partial charge in [-0.1, -0.05) is 12.1 Å². The number of nitrogens with zero attached hydrogens (tertiary/aromatic N) is 1. The Bertz CT molecular complexity index is 1070. The second-order valence-electron chi connectivity index (χ2n) is 7.42. The topological polar surface area (TPSA) is 119 Å². The summed E-state index contributed by atoms with van der Waals surface area (Å²) in [7, 11) is -3.11. The van der Waals surface area contributed by atoms with Gasteiger partial charge < -0.3 is 10.5 Å². The summed E-state index contributed by atoms with van der Waals surface area (Å²) < 4.78 is 46.3. The van der Waals surface area contributed by atoms with Crippen LogP contribution < -0.4 is 10.5 Å². The molecule has 3 rings (SSSR count).